The van der Waals surface area contributed by atoms with Crippen LogP contribution in [0, 0.1) is 0 Å². The Morgan fingerprint density at radius 1 is 1.00 bits per heavy atom. The smallest absolute Gasteiger partial charge is 0.0634 e. The highest BCUT2D eigenvalue weighted by Gasteiger charge is 1.82. The molecule has 2 atom stereocenters. The Morgan fingerprint density at radius 3 is 1.10 bits per heavy atom. The summed E-state index contributed by atoms with van der Waals surface area (Å²) < 4.78 is 0. The highest BCUT2D eigenvalue weighted by Crippen LogP contribution is 1.66. The minimum absolute atomic E-state index is 0.338. The first-order chi connectivity index (χ1) is 4.54. The second-order valence-electron chi connectivity index (χ2n) is 2.17. The predicted molar refractivity (Wildman–Crippen MR) is 41.5 cm³/mol. The fourth-order valence-electron chi connectivity index (χ4n) is 0. The lowest BCUT2D eigenvalue weighted by molar-refractivity contribution is 0.203. The molecule has 10 heavy (non-hydrogen) atoms. The molecule has 0 radical (unpaired) electrons. The van der Waals surface area contributed by atoms with E-state index in [0.29, 0.717) is 13.1 Å². The van der Waals surface area contributed by atoms with Gasteiger partial charge in [-0.2, -0.15) is 0 Å². The molecule has 0 aromatic carbocycles. The van der Waals surface area contributed by atoms with Crippen molar-refractivity contribution in [1.82, 2.24) is 0 Å². The van der Waals surface area contributed by atoms with Crippen molar-refractivity contribution >= 4 is 0 Å². The molecule has 64 valence electrons. The fraction of sp³-hybridized carbons (Fsp3) is 1.00. The highest BCUT2D eigenvalue weighted by atomic mass is 16.3. The van der Waals surface area contributed by atoms with Gasteiger partial charge < -0.3 is 21.7 Å². The van der Waals surface area contributed by atoms with E-state index < -0.39 is 0 Å². The van der Waals surface area contributed by atoms with Crippen LogP contribution in [-0.2, 0) is 0 Å². The zero-order valence-electron chi connectivity index (χ0n) is 6.62. The Morgan fingerprint density at radius 2 is 1.10 bits per heavy atom. The molecule has 0 aliphatic rings. The Balaban J connectivity index is 0. The van der Waals surface area contributed by atoms with Gasteiger partial charge >= 0.3 is 0 Å². The molecule has 0 aliphatic carbocycles. The Bertz CT molecular complexity index is 49.7. The van der Waals surface area contributed by atoms with E-state index in [9.17, 15) is 0 Å². The summed E-state index contributed by atoms with van der Waals surface area (Å²) in [4.78, 5) is 0. The molecule has 0 bridgehead atoms. The molecule has 0 aliphatic heterocycles. The van der Waals surface area contributed by atoms with Crippen LogP contribution in [0.15, 0.2) is 0 Å². The number of aliphatic hydroxyl groups is 2. The van der Waals surface area contributed by atoms with Crippen LogP contribution in [0.1, 0.15) is 13.8 Å². The molecule has 0 aromatic heterocycles. The first-order valence-electron chi connectivity index (χ1n) is 3.30. The SMILES string of the molecule is CC(O)CN.CC(O)CN. The number of hydrogen-bond acceptors (Lipinski definition) is 4. The lowest BCUT2D eigenvalue weighted by Crippen LogP contribution is -2.14. The molecule has 2 unspecified atom stereocenters. The van der Waals surface area contributed by atoms with Crippen LogP contribution in [-0.4, -0.2) is 35.5 Å². The molecule has 0 heterocycles. The van der Waals surface area contributed by atoms with E-state index in [1.54, 1.807) is 13.8 Å². The van der Waals surface area contributed by atoms with Crippen molar-refractivity contribution in [1.29, 1.82) is 0 Å². The summed E-state index contributed by atoms with van der Waals surface area (Å²) in [7, 11) is 0. The monoisotopic (exact) mass is 150 g/mol. The normalized spacial score (nSPS) is 15.0. The number of hydrogen-bond donors (Lipinski definition) is 4. The van der Waals surface area contributed by atoms with Crippen LogP contribution >= 0.6 is 0 Å². The van der Waals surface area contributed by atoms with Crippen LogP contribution in [0.25, 0.3) is 0 Å². The largest absolute Gasteiger partial charge is 0.392 e. The summed E-state index contributed by atoms with van der Waals surface area (Å²) in [6.07, 6.45) is -0.676. The molecule has 0 rings (SSSR count). The highest BCUT2D eigenvalue weighted by molar-refractivity contribution is 4.40. The molecule has 4 nitrogen and oxygen atoms in total. The van der Waals surface area contributed by atoms with Gasteiger partial charge in [-0.05, 0) is 13.8 Å². The Hall–Kier alpha value is -0.160. The van der Waals surface area contributed by atoms with Gasteiger partial charge in [-0.15, -0.1) is 0 Å². The van der Waals surface area contributed by atoms with Crippen molar-refractivity contribution in [2.75, 3.05) is 13.1 Å². The summed E-state index contributed by atoms with van der Waals surface area (Å²) in [5.74, 6) is 0. The molecule has 0 fully saturated rings. The van der Waals surface area contributed by atoms with E-state index in [4.69, 9.17) is 21.7 Å². The molecule has 6 N–H and O–H groups in total. The summed E-state index contributed by atoms with van der Waals surface area (Å²) in [6.45, 7) is 4.03. The zero-order valence-corrected chi connectivity index (χ0v) is 6.62. The Labute approximate surface area is 61.8 Å². The van der Waals surface area contributed by atoms with Crippen molar-refractivity contribution in [2.45, 2.75) is 26.1 Å². The average Bonchev–Trinajstić information content (AvgIpc) is 1.89. The van der Waals surface area contributed by atoms with Gasteiger partial charge in [0.25, 0.3) is 0 Å². The molecule has 0 amide bonds. The van der Waals surface area contributed by atoms with Gasteiger partial charge in [-0.3, -0.25) is 0 Å². The first kappa shape index (κ1) is 12.5. The molecular formula is C6H18N2O2. The Kier molecular flexibility index (Phi) is 11.1. The third-order valence-corrected chi connectivity index (χ3v) is 0.682. The summed E-state index contributed by atoms with van der Waals surface area (Å²) in [5, 5.41) is 16.5. The standard InChI is InChI=1S/2C3H9NO/c2*1-3(5)2-4/h2*3,5H,2,4H2,1H3. The minimum Gasteiger partial charge on any atom is -0.392 e. The maximum Gasteiger partial charge on any atom is 0.0634 e. The van der Waals surface area contributed by atoms with Crippen LogP contribution in [0.5, 0.6) is 0 Å². The second kappa shape index (κ2) is 8.84. The fourth-order valence-corrected chi connectivity index (χ4v) is 0. The number of rotatable bonds is 2. The molecule has 0 saturated heterocycles. The van der Waals surface area contributed by atoms with Gasteiger partial charge in [0.15, 0.2) is 0 Å². The van der Waals surface area contributed by atoms with Crippen LogP contribution in [0.3, 0.4) is 0 Å². The molecule has 0 spiro atoms. The van der Waals surface area contributed by atoms with E-state index >= 15 is 0 Å². The van der Waals surface area contributed by atoms with Crippen molar-refractivity contribution in [2.24, 2.45) is 11.5 Å². The maximum absolute atomic E-state index is 8.24. The molecular weight excluding hydrogens is 132 g/mol. The third-order valence-electron chi connectivity index (χ3n) is 0.682. The molecule has 0 saturated carbocycles. The third kappa shape index (κ3) is 24.9. The van der Waals surface area contributed by atoms with Crippen molar-refractivity contribution < 1.29 is 10.2 Å². The average molecular weight is 150 g/mol. The van der Waals surface area contributed by atoms with E-state index in [2.05, 4.69) is 0 Å². The summed E-state index contributed by atoms with van der Waals surface area (Å²) in [6, 6.07) is 0. The van der Waals surface area contributed by atoms with Crippen molar-refractivity contribution in [3.63, 3.8) is 0 Å². The van der Waals surface area contributed by atoms with Crippen LogP contribution in [0.4, 0.5) is 0 Å². The topological polar surface area (TPSA) is 92.5 Å². The van der Waals surface area contributed by atoms with E-state index in [-0.39, 0.29) is 12.2 Å². The summed E-state index contributed by atoms with van der Waals surface area (Å²) >= 11 is 0. The minimum atomic E-state index is -0.338. The van der Waals surface area contributed by atoms with E-state index in [1.807, 2.05) is 0 Å². The van der Waals surface area contributed by atoms with Crippen molar-refractivity contribution in [3.8, 4) is 0 Å². The molecule has 0 aromatic rings. The predicted octanol–water partition coefficient (Wildman–Crippen LogP) is -1.35. The van der Waals surface area contributed by atoms with Gasteiger partial charge in [-0.1, -0.05) is 0 Å². The van der Waals surface area contributed by atoms with Gasteiger partial charge in [-0.25, -0.2) is 0 Å². The first-order valence-corrected chi connectivity index (χ1v) is 3.30. The van der Waals surface area contributed by atoms with E-state index in [0.717, 1.165) is 0 Å². The van der Waals surface area contributed by atoms with E-state index in [1.165, 1.54) is 0 Å². The quantitative estimate of drug-likeness (QED) is 0.391. The molecule has 4 heteroatoms. The second-order valence-corrected chi connectivity index (χ2v) is 2.17. The van der Waals surface area contributed by atoms with Gasteiger partial charge in [0.1, 0.15) is 0 Å². The maximum atomic E-state index is 8.24. The number of aliphatic hydroxyl groups excluding tert-OH is 2. The lowest BCUT2D eigenvalue weighted by Gasteiger charge is -1.91. The van der Waals surface area contributed by atoms with Gasteiger partial charge in [0.2, 0.25) is 0 Å². The van der Waals surface area contributed by atoms with Crippen LogP contribution in [0.2, 0.25) is 0 Å². The van der Waals surface area contributed by atoms with Gasteiger partial charge in [0, 0.05) is 13.1 Å². The van der Waals surface area contributed by atoms with Crippen LogP contribution < -0.4 is 11.5 Å². The lowest BCUT2D eigenvalue weighted by atomic mass is 10.4. The van der Waals surface area contributed by atoms with Crippen molar-refractivity contribution in [3.05, 3.63) is 0 Å². The summed E-state index contributed by atoms with van der Waals surface area (Å²) in [5.41, 5.74) is 9.84. The van der Waals surface area contributed by atoms with Gasteiger partial charge in [0.05, 0.1) is 12.2 Å². The number of nitrogens with two attached hydrogens (primary N) is 2. The zero-order chi connectivity index (χ0) is 8.57.